The maximum absolute atomic E-state index is 14.3. The molecule has 13 nitrogen and oxygen atoms in total. The minimum atomic E-state index is -4.51. The molecule has 16 heteroatoms. The zero-order valence-corrected chi connectivity index (χ0v) is 27.0. The molecule has 4 aliphatic rings. The molecule has 8 rings (SSSR count). The number of fused-ring (bicyclic) bond motifs is 4. The average Bonchev–Trinajstić information content (AvgIpc) is 3.68. The summed E-state index contributed by atoms with van der Waals surface area (Å²) in [5.41, 5.74) is 0.479. The van der Waals surface area contributed by atoms with Crippen LogP contribution in [0.25, 0.3) is 11.2 Å². The highest BCUT2D eigenvalue weighted by molar-refractivity contribution is 5.97. The smallest absolute Gasteiger partial charge is 0.416 e. The molecule has 1 saturated heterocycles. The summed E-state index contributed by atoms with van der Waals surface area (Å²) in [6.45, 7) is 3.46. The Morgan fingerprint density at radius 2 is 1.92 bits per heavy atom. The van der Waals surface area contributed by atoms with Crippen LogP contribution in [0.4, 0.5) is 30.4 Å². The van der Waals surface area contributed by atoms with Crippen LogP contribution in [0.15, 0.2) is 35.5 Å². The van der Waals surface area contributed by atoms with Gasteiger partial charge in [-0.1, -0.05) is 0 Å². The molecule has 2 saturated carbocycles. The molecule has 4 aromatic rings. The van der Waals surface area contributed by atoms with Crippen molar-refractivity contribution >= 4 is 40.2 Å². The van der Waals surface area contributed by atoms with Crippen molar-refractivity contribution in [2.45, 2.75) is 51.0 Å². The molecule has 2 N–H and O–H groups in total. The van der Waals surface area contributed by atoms with Gasteiger partial charge < -0.3 is 29.7 Å². The van der Waals surface area contributed by atoms with Crippen LogP contribution < -0.4 is 20.5 Å². The van der Waals surface area contributed by atoms with E-state index in [1.54, 1.807) is 35.4 Å². The number of nitrogens with zero attached hydrogens (tertiary/aromatic N) is 8. The minimum absolute atomic E-state index is 0.0465. The first-order chi connectivity index (χ1) is 23.2. The number of piperazine rings is 1. The summed E-state index contributed by atoms with van der Waals surface area (Å²) in [5.74, 6) is -0.439. The second kappa shape index (κ2) is 10.4. The van der Waals surface area contributed by atoms with Crippen LogP contribution >= 0.6 is 0 Å². The van der Waals surface area contributed by atoms with E-state index in [-0.39, 0.29) is 76.2 Å². The highest BCUT2D eigenvalue weighted by Gasteiger charge is 2.80. The van der Waals surface area contributed by atoms with E-state index in [0.717, 1.165) is 18.6 Å². The Labute approximate surface area is 277 Å². The number of hydrogen-bond donors (Lipinski definition) is 2. The van der Waals surface area contributed by atoms with Crippen molar-refractivity contribution in [1.29, 1.82) is 0 Å². The number of anilines is 3. The first-order valence-corrected chi connectivity index (χ1v) is 15.9. The quantitative estimate of drug-likeness (QED) is 0.324. The van der Waals surface area contributed by atoms with Crippen molar-refractivity contribution in [3.05, 3.63) is 69.2 Å². The topological polar surface area (TPSA) is 150 Å². The molecule has 2 unspecified atom stereocenters. The molecule has 3 aromatic heterocycles. The lowest BCUT2D eigenvalue weighted by molar-refractivity contribution is -0.137. The van der Waals surface area contributed by atoms with Gasteiger partial charge in [0.15, 0.2) is 22.6 Å². The molecular weight excluding hydrogens is 643 g/mol. The van der Waals surface area contributed by atoms with Crippen LogP contribution in [0, 0.1) is 25.7 Å². The third-order valence-electron chi connectivity index (χ3n) is 10.6. The largest absolute Gasteiger partial charge is 0.504 e. The van der Waals surface area contributed by atoms with Crippen molar-refractivity contribution in [2.24, 2.45) is 11.8 Å². The molecule has 254 valence electrons. The Morgan fingerprint density at radius 1 is 1.14 bits per heavy atom. The number of rotatable bonds is 5. The van der Waals surface area contributed by atoms with Crippen LogP contribution in [0.2, 0.25) is 0 Å². The van der Waals surface area contributed by atoms with Gasteiger partial charge in [-0.2, -0.15) is 13.2 Å². The van der Waals surface area contributed by atoms with Gasteiger partial charge in [-0.25, -0.2) is 19.9 Å². The van der Waals surface area contributed by atoms with Crippen LogP contribution in [-0.2, 0) is 23.9 Å². The van der Waals surface area contributed by atoms with Gasteiger partial charge >= 0.3 is 6.18 Å². The first-order valence-electron chi connectivity index (χ1n) is 15.9. The predicted molar refractivity (Wildman–Crippen MR) is 172 cm³/mol. The number of hydrogen-bond acceptors (Lipinski definition) is 10. The van der Waals surface area contributed by atoms with E-state index >= 15 is 0 Å². The van der Waals surface area contributed by atoms with Crippen LogP contribution in [-0.4, -0.2) is 85.1 Å². The number of halogens is 3. The maximum Gasteiger partial charge on any atom is 0.416 e. The first kappa shape index (κ1) is 31.0. The number of amides is 2. The lowest BCUT2D eigenvalue weighted by Crippen LogP contribution is -2.74. The second-order valence-electron chi connectivity index (χ2n) is 13.5. The maximum atomic E-state index is 14.3. The third kappa shape index (κ3) is 4.41. The Morgan fingerprint density at radius 3 is 2.63 bits per heavy atom. The van der Waals surface area contributed by atoms with Gasteiger partial charge in [-0.05, 0) is 62.3 Å². The second-order valence-corrected chi connectivity index (χ2v) is 13.5. The minimum Gasteiger partial charge on any atom is -0.504 e. The fourth-order valence-electron chi connectivity index (χ4n) is 8.35. The number of carbonyl (C=O) groups is 2. The summed E-state index contributed by atoms with van der Waals surface area (Å²) in [5, 5.41) is 13.3. The summed E-state index contributed by atoms with van der Waals surface area (Å²) >= 11 is 0. The van der Waals surface area contributed by atoms with Gasteiger partial charge in [0, 0.05) is 38.6 Å². The van der Waals surface area contributed by atoms with Gasteiger partial charge in [-0.15, -0.1) is 0 Å². The molecule has 0 radical (unpaired) electrons. The lowest BCUT2D eigenvalue weighted by atomic mass is 9.66. The van der Waals surface area contributed by atoms with Gasteiger partial charge in [0.1, 0.15) is 24.4 Å². The molecule has 5 heterocycles. The summed E-state index contributed by atoms with van der Waals surface area (Å²) < 4.78 is 41.5. The Balaban J connectivity index is 1.18. The molecular formula is C33H32F3N9O4. The van der Waals surface area contributed by atoms with Gasteiger partial charge in [-0.3, -0.25) is 14.4 Å². The highest BCUT2D eigenvalue weighted by atomic mass is 19.4. The zero-order chi connectivity index (χ0) is 34.7. The molecule has 1 spiro atoms. The molecule has 4 atom stereocenters. The number of nitrogens with one attached hydrogen (secondary N) is 1. The van der Waals surface area contributed by atoms with Crippen molar-refractivity contribution in [1.82, 2.24) is 29.4 Å². The molecule has 49 heavy (non-hydrogen) atoms. The van der Waals surface area contributed by atoms with Crippen LogP contribution in [0.1, 0.15) is 39.4 Å². The average molecular weight is 676 g/mol. The molecule has 1 aromatic carbocycles. The molecule has 2 aliphatic heterocycles. The number of aromatic nitrogens is 5. The van der Waals surface area contributed by atoms with Crippen molar-refractivity contribution in [3.8, 4) is 5.75 Å². The standard InChI is InChI=1S/C33H32F3N9O4/c1-15-9-17(33(34,35)36)5-6-20(15)40-23(46)13-44-21-10-18-19-11-32(19)29(18)43(7-8-45(32)31(49)25-27(47)16(2)38-14-39-25)26(21)28(48)24-30(44)37-12-22(41-24)42(3)4/h5-6,9,12,14,18-19,29,47H,7-8,10-11,13H2,1-4H3,(H,40,46)/t18?,19?,29-,32+/m0/s1. The molecule has 3 fully saturated rings. The lowest BCUT2D eigenvalue weighted by Gasteiger charge is -2.61. The third-order valence-corrected chi connectivity index (χ3v) is 10.6. The van der Waals surface area contributed by atoms with E-state index in [1.807, 2.05) is 0 Å². The van der Waals surface area contributed by atoms with Gasteiger partial charge in [0.2, 0.25) is 11.3 Å². The summed E-state index contributed by atoms with van der Waals surface area (Å²) in [4.78, 5) is 64.6. The summed E-state index contributed by atoms with van der Waals surface area (Å²) in [6, 6.07) is 2.98. The van der Waals surface area contributed by atoms with E-state index < -0.39 is 23.2 Å². The van der Waals surface area contributed by atoms with E-state index in [9.17, 15) is 32.7 Å². The number of carbonyl (C=O) groups excluding carboxylic acids is 2. The van der Waals surface area contributed by atoms with Gasteiger partial charge in [0.25, 0.3) is 5.91 Å². The number of alkyl halides is 3. The fraction of sp³-hybridized carbons (Fsp3) is 0.424. The zero-order valence-electron chi connectivity index (χ0n) is 27.0. The van der Waals surface area contributed by atoms with E-state index in [2.05, 4.69) is 30.2 Å². The van der Waals surface area contributed by atoms with Crippen molar-refractivity contribution in [2.75, 3.05) is 42.3 Å². The molecule has 2 aliphatic carbocycles. The number of pyridine rings is 1. The Hall–Kier alpha value is -5.28. The number of aryl methyl sites for hydroxylation is 2. The Kier molecular flexibility index (Phi) is 6.56. The van der Waals surface area contributed by atoms with E-state index in [0.29, 0.717) is 35.9 Å². The predicted octanol–water partition coefficient (Wildman–Crippen LogP) is 2.90. The van der Waals surface area contributed by atoms with Crippen LogP contribution in [0.5, 0.6) is 5.75 Å². The summed E-state index contributed by atoms with van der Waals surface area (Å²) in [6.07, 6.45) is -0.548. The SMILES string of the molecule is Cc1cc(C(F)(F)F)ccc1NC(=O)Cn1c2c(c(=O)c3nc(N(C)C)cnc31)N1CCN(C(=O)c3ncnc(C)c3O)[C@]34CC3C(C2)[C@H]14. The summed E-state index contributed by atoms with van der Waals surface area (Å²) in [7, 11) is 3.55. The number of benzene rings is 1. The van der Waals surface area contributed by atoms with E-state index in [1.165, 1.54) is 25.5 Å². The normalized spacial score (nSPS) is 23.3. The fourth-order valence-corrected chi connectivity index (χ4v) is 8.35. The molecule has 0 bridgehead atoms. The van der Waals surface area contributed by atoms with E-state index in [4.69, 9.17) is 0 Å². The highest BCUT2D eigenvalue weighted by Crippen LogP contribution is 2.71. The van der Waals surface area contributed by atoms with Gasteiger partial charge in [0.05, 0.1) is 29.0 Å². The molecule has 2 amide bonds. The number of aromatic hydroxyl groups is 1. The van der Waals surface area contributed by atoms with Crippen LogP contribution in [0.3, 0.4) is 0 Å². The monoisotopic (exact) mass is 675 g/mol. The van der Waals surface area contributed by atoms with Crippen molar-refractivity contribution in [3.63, 3.8) is 0 Å². The Bertz CT molecular complexity index is 2170. The van der Waals surface area contributed by atoms with Crippen molar-refractivity contribution < 1.29 is 27.9 Å².